The molecule has 0 saturated carbocycles. The Bertz CT molecular complexity index is 1250. The zero-order chi connectivity index (χ0) is 22.3. The van der Waals surface area contributed by atoms with Crippen molar-refractivity contribution >= 4 is 17.0 Å². The van der Waals surface area contributed by atoms with Crippen LogP contribution in [0.25, 0.3) is 22.4 Å². The quantitative estimate of drug-likeness (QED) is 0.420. The number of carbonyl (C=O) groups excluding carboxylic acids is 1. The van der Waals surface area contributed by atoms with Gasteiger partial charge in [-0.1, -0.05) is 23.4 Å². The number of benzene rings is 1. The summed E-state index contributed by atoms with van der Waals surface area (Å²) in [7, 11) is 1.59. The molecule has 0 spiro atoms. The van der Waals surface area contributed by atoms with E-state index in [1.165, 1.54) is 35.4 Å². The maximum absolute atomic E-state index is 13.6. The zero-order valence-corrected chi connectivity index (χ0v) is 16.9. The van der Waals surface area contributed by atoms with Crippen LogP contribution in [0.2, 0.25) is 0 Å². The molecule has 0 fully saturated rings. The molecule has 1 aromatic carbocycles. The summed E-state index contributed by atoms with van der Waals surface area (Å²) in [5.74, 6) is 0.152. The normalized spacial score (nSPS) is 12.8. The Balaban J connectivity index is 1.87. The molecule has 160 valence electrons. The van der Waals surface area contributed by atoms with E-state index in [4.69, 9.17) is 8.94 Å². The van der Waals surface area contributed by atoms with Crippen molar-refractivity contribution in [2.24, 2.45) is 0 Å². The van der Waals surface area contributed by atoms with Crippen LogP contribution in [0.5, 0.6) is 0 Å². The predicted molar refractivity (Wildman–Crippen MR) is 106 cm³/mol. The van der Waals surface area contributed by atoms with Crippen LogP contribution in [0.4, 0.5) is 13.2 Å². The van der Waals surface area contributed by atoms with Crippen molar-refractivity contribution in [1.82, 2.24) is 15.0 Å². The zero-order valence-electron chi connectivity index (χ0n) is 16.9. The minimum atomic E-state index is -4.58. The first-order chi connectivity index (χ1) is 14.7. The van der Waals surface area contributed by atoms with Crippen LogP contribution in [-0.4, -0.2) is 28.0 Å². The summed E-state index contributed by atoms with van der Waals surface area (Å²) in [5.41, 5.74) is -0.471. The van der Waals surface area contributed by atoms with Gasteiger partial charge in [-0.05, 0) is 38.1 Å². The lowest BCUT2D eigenvalue weighted by molar-refractivity contribution is -0.137. The molecule has 9 heteroatoms. The average molecular weight is 429 g/mol. The molecule has 31 heavy (non-hydrogen) atoms. The lowest BCUT2D eigenvalue weighted by Crippen LogP contribution is -2.29. The Labute approximate surface area is 175 Å². The second-order valence-electron chi connectivity index (χ2n) is 7.15. The van der Waals surface area contributed by atoms with E-state index in [9.17, 15) is 18.0 Å². The van der Waals surface area contributed by atoms with Crippen molar-refractivity contribution < 1.29 is 26.9 Å². The monoisotopic (exact) mass is 429 g/mol. The van der Waals surface area contributed by atoms with Gasteiger partial charge in [0.15, 0.2) is 0 Å². The number of carbonyl (C=O) groups is 1. The number of rotatable bonds is 4. The van der Waals surface area contributed by atoms with E-state index in [1.54, 1.807) is 33.0 Å². The molecule has 0 bridgehead atoms. The highest BCUT2D eigenvalue weighted by molar-refractivity contribution is 6.07. The first-order valence-corrected chi connectivity index (χ1v) is 9.42. The van der Waals surface area contributed by atoms with E-state index in [1.807, 2.05) is 0 Å². The van der Waals surface area contributed by atoms with E-state index in [-0.39, 0.29) is 22.5 Å². The van der Waals surface area contributed by atoms with Gasteiger partial charge in [0, 0.05) is 12.6 Å². The SMILES string of the molecule is Cc1noc2nc(-c3ccccc3C(F)(F)F)cc(C(=O)N(C)C(C)c3ccco3)c12. The minimum absolute atomic E-state index is 0.00520. The topological polar surface area (TPSA) is 72.4 Å². The number of fused-ring (bicyclic) bond motifs is 1. The van der Waals surface area contributed by atoms with Crippen molar-refractivity contribution in [3.63, 3.8) is 0 Å². The fourth-order valence-electron chi connectivity index (χ4n) is 3.44. The Kier molecular flexibility index (Phi) is 5.04. The molecule has 0 aliphatic carbocycles. The molecule has 1 amide bonds. The van der Waals surface area contributed by atoms with Gasteiger partial charge in [-0.3, -0.25) is 4.79 Å². The third kappa shape index (κ3) is 3.67. The molecule has 1 atom stereocenters. The van der Waals surface area contributed by atoms with Gasteiger partial charge in [0.25, 0.3) is 11.6 Å². The standard InChI is InChI=1S/C22H18F3N3O3/c1-12-19-15(21(29)28(3)13(2)18-9-6-10-30-18)11-17(26-20(19)31-27-12)14-7-4-5-8-16(14)22(23,24)25/h4-11,13H,1-3H3. The van der Waals surface area contributed by atoms with Gasteiger partial charge < -0.3 is 13.8 Å². The van der Waals surface area contributed by atoms with Crippen LogP contribution >= 0.6 is 0 Å². The summed E-state index contributed by atoms with van der Waals surface area (Å²) in [6.07, 6.45) is -3.08. The maximum atomic E-state index is 13.6. The summed E-state index contributed by atoms with van der Waals surface area (Å²) >= 11 is 0. The number of amides is 1. The van der Waals surface area contributed by atoms with E-state index in [2.05, 4.69) is 10.1 Å². The highest BCUT2D eigenvalue weighted by atomic mass is 19.4. The predicted octanol–water partition coefficient (Wildman–Crippen LogP) is 5.64. The molecule has 0 N–H and O–H groups in total. The molecule has 0 radical (unpaired) electrons. The maximum Gasteiger partial charge on any atom is 0.417 e. The van der Waals surface area contributed by atoms with Gasteiger partial charge in [0.2, 0.25) is 0 Å². The third-order valence-corrected chi connectivity index (χ3v) is 5.21. The van der Waals surface area contributed by atoms with Crippen molar-refractivity contribution in [2.45, 2.75) is 26.1 Å². The van der Waals surface area contributed by atoms with Crippen LogP contribution in [-0.2, 0) is 6.18 Å². The summed E-state index contributed by atoms with van der Waals surface area (Å²) in [5, 5.41) is 4.21. The Hall–Kier alpha value is -3.62. The van der Waals surface area contributed by atoms with E-state index in [0.717, 1.165) is 6.07 Å². The van der Waals surface area contributed by atoms with E-state index in [0.29, 0.717) is 16.8 Å². The summed E-state index contributed by atoms with van der Waals surface area (Å²) in [6, 6.07) is 9.46. The van der Waals surface area contributed by atoms with Crippen LogP contribution in [0.15, 0.2) is 57.7 Å². The number of hydrogen-bond acceptors (Lipinski definition) is 5. The lowest BCUT2D eigenvalue weighted by Gasteiger charge is -2.24. The summed E-state index contributed by atoms with van der Waals surface area (Å²) in [6.45, 7) is 3.43. The Morgan fingerprint density at radius 2 is 1.90 bits per heavy atom. The van der Waals surface area contributed by atoms with Gasteiger partial charge in [-0.15, -0.1) is 0 Å². The lowest BCUT2D eigenvalue weighted by atomic mass is 10.00. The van der Waals surface area contributed by atoms with E-state index < -0.39 is 23.7 Å². The van der Waals surface area contributed by atoms with Gasteiger partial charge in [0.1, 0.15) is 5.76 Å². The van der Waals surface area contributed by atoms with Crippen LogP contribution < -0.4 is 0 Å². The number of hydrogen-bond donors (Lipinski definition) is 0. The molecule has 3 aromatic heterocycles. The molecule has 3 heterocycles. The fraction of sp³-hybridized carbons (Fsp3) is 0.227. The smallest absolute Gasteiger partial charge is 0.417 e. The van der Waals surface area contributed by atoms with Gasteiger partial charge in [-0.2, -0.15) is 13.2 Å². The highest BCUT2D eigenvalue weighted by Gasteiger charge is 2.34. The molecule has 0 aliphatic rings. The number of halogens is 3. The highest BCUT2D eigenvalue weighted by Crippen LogP contribution is 2.38. The molecule has 0 saturated heterocycles. The van der Waals surface area contributed by atoms with E-state index >= 15 is 0 Å². The molecule has 1 unspecified atom stereocenters. The van der Waals surface area contributed by atoms with Crippen LogP contribution in [0, 0.1) is 6.92 Å². The second-order valence-corrected chi connectivity index (χ2v) is 7.15. The largest absolute Gasteiger partial charge is 0.467 e. The second kappa shape index (κ2) is 7.57. The van der Waals surface area contributed by atoms with Gasteiger partial charge in [-0.25, -0.2) is 4.98 Å². The molecule has 4 aromatic rings. The van der Waals surface area contributed by atoms with Gasteiger partial charge in [0.05, 0.1) is 40.2 Å². The number of nitrogens with zero attached hydrogens (tertiary/aromatic N) is 3. The third-order valence-electron chi connectivity index (χ3n) is 5.21. The van der Waals surface area contributed by atoms with Crippen LogP contribution in [0.1, 0.15) is 40.3 Å². The van der Waals surface area contributed by atoms with Crippen molar-refractivity contribution in [3.05, 3.63) is 71.3 Å². The van der Waals surface area contributed by atoms with Crippen molar-refractivity contribution in [1.29, 1.82) is 0 Å². The number of pyridine rings is 1. The van der Waals surface area contributed by atoms with Crippen molar-refractivity contribution in [2.75, 3.05) is 7.05 Å². The first kappa shape index (κ1) is 20.6. The summed E-state index contributed by atoms with van der Waals surface area (Å²) < 4.78 is 51.3. The number of alkyl halides is 3. The number of aromatic nitrogens is 2. The number of furan rings is 1. The molecular weight excluding hydrogens is 411 g/mol. The molecule has 6 nitrogen and oxygen atoms in total. The van der Waals surface area contributed by atoms with Crippen LogP contribution in [0.3, 0.4) is 0 Å². The molecule has 4 rings (SSSR count). The minimum Gasteiger partial charge on any atom is -0.467 e. The summed E-state index contributed by atoms with van der Waals surface area (Å²) in [4.78, 5) is 19.0. The Morgan fingerprint density at radius 3 is 2.58 bits per heavy atom. The Morgan fingerprint density at radius 1 is 1.16 bits per heavy atom. The average Bonchev–Trinajstić information content (AvgIpc) is 3.41. The van der Waals surface area contributed by atoms with Crippen molar-refractivity contribution in [3.8, 4) is 11.3 Å². The molecular formula is C22H18F3N3O3. The molecule has 0 aliphatic heterocycles. The van der Waals surface area contributed by atoms with Gasteiger partial charge >= 0.3 is 6.18 Å². The number of aryl methyl sites for hydroxylation is 1. The fourth-order valence-corrected chi connectivity index (χ4v) is 3.44. The first-order valence-electron chi connectivity index (χ1n) is 9.42.